The van der Waals surface area contributed by atoms with E-state index in [4.69, 9.17) is 4.74 Å². The smallest absolute Gasteiger partial charge is 0.321 e. The van der Waals surface area contributed by atoms with Gasteiger partial charge in [-0.2, -0.15) is 0 Å². The minimum absolute atomic E-state index is 0.00829. The lowest BCUT2D eigenvalue weighted by atomic mass is 9.97. The third kappa shape index (κ3) is 3.44. The van der Waals surface area contributed by atoms with E-state index in [1.54, 1.807) is 7.11 Å². The van der Waals surface area contributed by atoms with Crippen LogP contribution in [0.15, 0.2) is 18.2 Å². The molecule has 0 saturated carbocycles. The monoisotopic (exact) mass is 276 g/mol. The Hall–Kier alpha value is -1.71. The second-order valence-corrected chi connectivity index (χ2v) is 6.47. The summed E-state index contributed by atoms with van der Waals surface area (Å²) in [6.07, 6.45) is 1.98. The van der Waals surface area contributed by atoms with Crippen molar-refractivity contribution in [3.8, 4) is 5.75 Å². The van der Waals surface area contributed by atoms with Crippen molar-refractivity contribution in [1.82, 2.24) is 5.32 Å². The summed E-state index contributed by atoms with van der Waals surface area (Å²) in [7, 11) is 1.67. The molecule has 1 aliphatic heterocycles. The van der Waals surface area contributed by atoms with Crippen LogP contribution in [-0.2, 0) is 6.42 Å². The number of carbonyl (C=O) groups is 1. The number of anilines is 1. The number of nitrogens with one attached hydrogen (secondary N) is 1. The van der Waals surface area contributed by atoms with E-state index in [-0.39, 0.29) is 11.4 Å². The quantitative estimate of drug-likeness (QED) is 0.901. The fourth-order valence-electron chi connectivity index (χ4n) is 2.35. The second kappa shape index (κ2) is 5.73. The summed E-state index contributed by atoms with van der Waals surface area (Å²) in [5.41, 5.74) is 2.28. The molecule has 110 valence electrons. The van der Waals surface area contributed by atoms with E-state index in [1.165, 1.54) is 5.56 Å². The number of amides is 2. The van der Waals surface area contributed by atoms with Crippen LogP contribution in [0.2, 0.25) is 0 Å². The van der Waals surface area contributed by atoms with Crippen LogP contribution in [0.4, 0.5) is 10.5 Å². The van der Waals surface area contributed by atoms with Gasteiger partial charge >= 0.3 is 6.03 Å². The summed E-state index contributed by atoms with van der Waals surface area (Å²) >= 11 is 0. The number of rotatable bonds is 2. The number of hydrogen-bond acceptors (Lipinski definition) is 2. The molecule has 0 unspecified atom stereocenters. The highest BCUT2D eigenvalue weighted by molar-refractivity contribution is 5.93. The predicted octanol–water partition coefficient (Wildman–Crippen LogP) is 3.20. The lowest BCUT2D eigenvalue weighted by Gasteiger charge is -2.31. The van der Waals surface area contributed by atoms with Crippen LogP contribution in [0.3, 0.4) is 0 Å². The minimum atomic E-state index is -0.00829. The summed E-state index contributed by atoms with van der Waals surface area (Å²) in [5, 5.41) is 3.02. The van der Waals surface area contributed by atoms with Crippen molar-refractivity contribution < 1.29 is 9.53 Å². The Balaban J connectivity index is 2.13. The van der Waals surface area contributed by atoms with Crippen molar-refractivity contribution in [2.24, 2.45) is 5.41 Å². The highest BCUT2D eigenvalue weighted by Gasteiger charge is 2.23. The van der Waals surface area contributed by atoms with Gasteiger partial charge < -0.3 is 10.1 Å². The van der Waals surface area contributed by atoms with E-state index in [0.29, 0.717) is 6.54 Å². The average Bonchev–Trinajstić information content (AvgIpc) is 2.42. The van der Waals surface area contributed by atoms with Gasteiger partial charge in [-0.15, -0.1) is 0 Å². The fraction of sp³-hybridized carbons (Fsp3) is 0.562. The lowest BCUT2D eigenvalue weighted by Crippen LogP contribution is -2.45. The maximum absolute atomic E-state index is 12.3. The number of aryl methyl sites for hydroxylation is 1. The highest BCUT2D eigenvalue weighted by Crippen LogP contribution is 2.30. The number of methoxy groups -OCH3 is 1. The Labute approximate surface area is 121 Å². The van der Waals surface area contributed by atoms with Crippen molar-refractivity contribution in [3.63, 3.8) is 0 Å². The maximum Gasteiger partial charge on any atom is 0.321 e. The van der Waals surface area contributed by atoms with Crippen LogP contribution in [0.25, 0.3) is 0 Å². The number of nitrogens with zero attached hydrogens (tertiary/aromatic N) is 1. The first-order valence-corrected chi connectivity index (χ1v) is 7.13. The SMILES string of the molecule is COc1ccc2c(c1)CCCN2C(=O)NCC(C)(C)C. The minimum Gasteiger partial charge on any atom is -0.497 e. The zero-order chi connectivity index (χ0) is 14.8. The fourth-order valence-corrected chi connectivity index (χ4v) is 2.35. The summed E-state index contributed by atoms with van der Waals surface area (Å²) in [6.45, 7) is 7.79. The summed E-state index contributed by atoms with van der Waals surface area (Å²) < 4.78 is 5.25. The highest BCUT2D eigenvalue weighted by atomic mass is 16.5. The molecule has 0 radical (unpaired) electrons. The van der Waals surface area contributed by atoms with Gasteiger partial charge in [0.15, 0.2) is 0 Å². The van der Waals surface area contributed by atoms with E-state index in [9.17, 15) is 4.79 Å². The van der Waals surface area contributed by atoms with Crippen molar-refractivity contribution in [1.29, 1.82) is 0 Å². The first kappa shape index (κ1) is 14.7. The van der Waals surface area contributed by atoms with Crippen LogP contribution in [-0.4, -0.2) is 26.2 Å². The zero-order valence-electron chi connectivity index (χ0n) is 12.8. The number of carbonyl (C=O) groups excluding carboxylic acids is 1. The number of fused-ring (bicyclic) bond motifs is 1. The molecule has 2 amide bonds. The molecule has 1 N–H and O–H groups in total. The summed E-state index contributed by atoms with van der Waals surface area (Å²) in [4.78, 5) is 14.2. The summed E-state index contributed by atoms with van der Waals surface area (Å²) in [5.74, 6) is 0.848. The molecule has 0 aliphatic carbocycles. The Morgan fingerprint density at radius 1 is 1.40 bits per heavy atom. The average molecular weight is 276 g/mol. The molecule has 0 fully saturated rings. The van der Waals surface area contributed by atoms with E-state index >= 15 is 0 Å². The molecular formula is C16H24N2O2. The number of hydrogen-bond donors (Lipinski definition) is 1. The molecule has 1 aromatic rings. The first-order valence-electron chi connectivity index (χ1n) is 7.13. The molecule has 4 heteroatoms. The Bertz CT molecular complexity index is 492. The largest absolute Gasteiger partial charge is 0.497 e. The number of urea groups is 1. The van der Waals surface area contributed by atoms with Gasteiger partial charge in [-0.05, 0) is 42.0 Å². The maximum atomic E-state index is 12.3. The number of ether oxygens (including phenoxy) is 1. The molecule has 1 aliphatic rings. The third-order valence-corrected chi connectivity index (χ3v) is 3.42. The molecule has 1 aromatic carbocycles. The predicted molar refractivity (Wildman–Crippen MR) is 81.5 cm³/mol. The van der Waals surface area contributed by atoms with E-state index in [1.807, 2.05) is 23.1 Å². The van der Waals surface area contributed by atoms with E-state index in [2.05, 4.69) is 26.1 Å². The van der Waals surface area contributed by atoms with Crippen molar-refractivity contribution in [3.05, 3.63) is 23.8 Å². The number of benzene rings is 1. The van der Waals surface area contributed by atoms with Crippen molar-refractivity contribution in [2.45, 2.75) is 33.6 Å². The Kier molecular flexibility index (Phi) is 4.21. The van der Waals surface area contributed by atoms with Gasteiger partial charge in [0.05, 0.1) is 7.11 Å². The van der Waals surface area contributed by atoms with Gasteiger partial charge in [-0.3, -0.25) is 4.90 Å². The molecule has 1 heterocycles. The first-order chi connectivity index (χ1) is 9.40. The van der Waals surface area contributed by atoms with Crippen LogP contribution in [0, 0.1) is 5.41 Å². The Morgan fingerprint density at radius 2 is 2.15 bits per heavy atom. The van der Waals surface area contributed by atoms with Crippen LogP contribution in [0.1, 0.15) is 32.8 Å². The van der Waals surface area contributed by atoms with E-state index in [0.717, 1.165) is 30.8 Å². The molecule has 20 heavy (non-hydrogen) atoms. The normalized spacial score (nSPS) is 14.7. The molecule has 0 aromatic heterocycles. The van der Waals surface area contributed by atoms with Gasteiger partial charge in [0.25, 0.3) is 0 Å². The summed E-state index contributed by atoms with van der Waals surface area (Å²) in [6, 6.07) is 5.91. The van der Waals surface area contributed by atoms with Crippen LogP contribution in [0.5, 0.6) is 5.75 Å². The molecular weight excluding hydrogens is 252 g/mol. The van der Waals surface area contributed by atoms with Gasteiger partial charge in [0.1, 0.15) is 5.75 Å². The molecule has 0 atom stereocenters. The van der Waals surface area contributed by atoms with Gasteiger partial charge in [-0.25, -0.2) is 4.79 Å². The molecule has 0 spiro atoms. The lowest BCUT2D eigenvalue weighted by molar-refractivity contribution is 0.240. The topological polar surface area (TPSA) is 41.6 Å². The third-order valence-electron chi connectivity index (χ3n) is 3.42. The standard InChI is InChI=1S/C16H24N2O2/c1-16(2,3)11-17-15(19)18-9-5-6-12-10-13(20-4)7-8-14(12)18/h7-8,10H,5-6,9,11H2,1-4H3,(H,17,19). The molecule has 0 saturated heterocycles. The molecule has 4 nitrogen and oxygen atoms in total. The van der Waals surface area contributed by atoms with Gasteiger partial charge in [0.2, 0.25) is 0 Å². The van der Waals surface area contributed by atoms with Crippen molar-refractivity contribution >= 4 is 11.7 Å². The van der Waals surface area contributed by atoms with Crippen molar-refractivity contribution in [2.75, 3.05) is 25.1 Å². The molecule has 0 bridgehead atoms. The second-order valence-electron chi connectivity index (χ2n) is 6.47. The van der Waals surface area contributed by atoms with Gasteiger partial charge in [0, 0.05) is 18.8 Å². The van der Waals surface area contributed by atoms with E-state index < -0.39 is 0 Å². The zero-order valence-corrected chi connectivity index (χ0v) is 12.8. The van der Waals surface area contributed by atoms with Gasteiger partial charge in [-0.1, -0.05) is 20.8 Å². The molecule has 2 rings (SSSR count). The van der Waals surface area contributed by atoms with Crippen LogP contribution >= 0.6 is 0 Å². The van der Waals surface area contributed by atoms with Crippen LogP contribution < -0.4 is 15.0 Å². The Morgan fingerprint density at radius 3 is 2.80 bits per heavy atom.